The summed E-state index contributed by atoms with van der Waals surface area (Å²) in [7, 11) is 3.33. The Balaban J connectivity index is 2.64. The quantitative estimate of drug-likeness (QED) is 0.821. The Hall–Kier alpha value is -1.55. The number of anilines is 1. The van der Waals surface area contributed by atoms with Crippen molar-refractivity contribution in [3.05, 3.63) is 24.3 Å². The van der Waals surface area contributed by atoms with Crippen LogP contribution in [0, 0.1) is 0 Å². The molecular weight excluding hydrogens is 206 g/mol. The number of carbonyl (C=O) groups excluding carboxylic acids is 1. The Bertz CT molecular complexity index is 335. The van der Waals surface area contributed by atoms with Crippen molar-refractivity contribution in [1.29, 1.82) is 0 Å². The van der Waals surface area contributed by atoms with Crippen molar-refractivity contribution in [3.63, 3.8) is 0 Å². The number of hydrogen-bond acceptors (Lipinski definition) is 3. The smallest absolute Gasteiger partial charge is 0.226 e. The summed E-state index contributed by atoms with van der Waals surface area (Å²) in [6, 6.07) is 7.28. The van der Waals surface area contributed by atoms with Gasteiger partial charge in [-0.3, -0.25) is 4.79 Å². The predicted molar refractivity (Wildman–Crippen MR) is 62.7 cm³/mol. The van der Waals surface area contributed by atoms with E-state index in [0.29, 0.717) is 12.8 Å². The first-order valence-electron chi connectivity index (χ1n) is 5.20. The van der Waals surface area contributed by atoms with Crippen LogP contribution in [0.4, 0.5) is 5.69 Å². The van der Waals surface area contributed by atoms with Gasteiger partial charge in [-0.15, -0.1) is 0 Å². The number of methoxy groups -OCH3 is 1. The van der Waals surface area contributed by atoms with E-state index < -0.39 is 0 Å². The molecule has 1 aromatic carbocycles. The molecule has 4 heteroatoms. The monoisotopic (exact) mass is 223 g/mol. The highest BCUT2D eigenvalue weighted by Gasteiger charge is 2.09. The number of carbonyl (C=O) groups is 1. The van der Waals surface area contributed by atoms with E-state index in [-0.39, 0.29) is 12.5 Å². The molecule has 1 amide bonds. The third kappa shape index (κ3) is 3.24. The molecule has 88 valence electrons. The van der Waals surface area contributed by atoms with Crippen LogP contribution in [0.1, 0.15) is 12.8 Å². The van der Waals surface area contributed by atoms with Crippen molar-refractivity contribution in [2.45, 2.75) is 12.8 Å². The molecule has 0 fully saturated rings. The fourth-order valence-corrected chi connectivity index (χ4v) is 1.35. The molecule has 16 heavy (non-hydrogen) atoms. The molecule has 1 N–H and O–H groups in total. The van der Waals surface area contributed by atoms with Gasteiger partial charge < -0.3 is 14.7 Å². The summed E-state index contributed by atoms with van der Waals surface area (Å²) >= 11 is 0. The highest BCUT2D eigenvalue weighted by molar-refractivity contribution is 5.92. The third-order valence-electron chi connectivity index (χ3n) is 2.38. The number of aliphatic hydroxyl groups excluding tert-OH is 1. The van der Waals surface area contributed by atoms with Gasteiger partial charge in [0.05, 0.1) is 7.11 Å². The Morgan fingerprint density at radius 1 is 1.38 bits per heavy atom. The van der Waals surface area contributed by atoms with Gasteiger partial charge in [-0.25, -0.2) is 0 Å². The molecule has 0 aliphatic carbocycles. The molecule has 0 aromatic heterocycles. The summed E-state index contributed by atoms with van der Waals surface area (Å²) < 4.78 is 5.04. The molecule has 1 aromatic rings. The van der Waals surface area contributed by atoms with Gasteiger partial charge in [0.1, 0.15) is 5.75 Å². The van der Waals surface area contributed by atoms with Gasteiger partial charge in [-0.2, -0.15) is 0 Å². The lowest BCUT2D eigenvalue weighted by Gasteiger charge is -2.17. The molecular formula is C12H17NO3. The number of ether oxygens (including phenoxy) is 1. The molecule has 0 heterocycles. The second-order valence-electron chi connectivity index (χ2n) is 3.48. The van der Waals surface area contributed by atoms with Crippen molar-refractivity contribution in [2.75, 3.05) is 25.7 Å². The number of nitrogens with zero attached hydrogens (tertiary/aromatic N) is 1. The van der Waals surface area contributed by atoms with E-state index in [9.17, 15) is 4.79 Å². The van der Waals surface area contributed by atoms with Crippen LogP contribution in [0.3, 0.4) is 0 Å². The zero-order chi connectivity index (χ0) is 12.0. The van der Waals surface area contributed by atoms with Crippen LogP contribution in [-0.2, 0) is 4.79 Å². The Labute approximate surface area is 95.5 Å². The van der Waals surface area contributed by atoms with Crippen molar-refractivity contribution in [3.8, 4) is 5.75 Å². The normalized spacial score (nSPS) is 9.94. The summed E-state index contributed by atoms with van der Waals surface area (Å²) in [4.78, 5) is 13.2. The number of rotatable bonds is 5. The molecule has 0 radical (unpaired) electrons. The van der Waals surface area contributed by atoms with Crippen molar-refractivity contribution < 1.29 is 14.6 Å². The van der Waals surface area contributed by atoms with Crippen LogP contribution in [0.15, 0.2) is 24.3 Å². The van der Waals surface area contributed by atoms with Crippen LogP contribution in [0.25, 0.3) is 0 Å². The van der Waals surface area contributed by atoms with Gasteiger partial charge in [0.15, 0.2) is 0 Å². The van der Waals surface area contributed by atoms with Crippen LogP contribution in [-0.4, -0.2) is 31.8 Å². The van der Waals surface area contributed by atoms with Crippen molar-refractivity contribution >= 4 is 11.6 Å². The Kier molecular flexibility index (Phi) is 4.79. The van der Waals surface area contributed by atoms with E-state index in [1.807, 2.05) is 24.3 Å². The SMILES string of the molecule is COc1ccc(N(C)C(=O)CCCO)cc1. The van der Waals surface area contributed by atoms with Crippen molar-refractivity contribution in [1.82, 2.24) is 0 Å². The van der Waals surface area contributed by atoms with Gasteiger partial charge in [0, 0.05) is 25.8 Å². The average molecular weight is 223 g/mol. The maximum Gasteiger partial charge on any atom is 0.226 e. The topological polar surface area (TPSA) is 49.8 Å². The standard InChI is InChI=1S/C12H17NO3/c1-13(12(15)4-3-9-14)10-5-7-11(16-2)8-6-10/h5-8,14H,3-4,9H2,1-2H3. The van der Waals surface area contributed by atoms with E-state index in [0.717, 1.165) is 11.4 Å². The minimum absolute atomic E-state index is 0.000725. The van der Waals surface area contributed by atoms with Crippen LogP contribution >= 0.6 is 0 Å². The molecule has 0 bridgehead atoms. The number of benzene rings is 1. The number of amides is 1. The zero-order valence-electron chi connectivity index (χ0n) is 9.64. The highest BCUT2D eigenvalue weighted by Crippen LogP contribution is 2.18. The molecule has 0 saturated heterocycles. The molecule has 0 saturated carbocycles. The highest BCUT2D eigenvalue weighted by atomic mass is 16.5. The van der Waals surface area contributed by atoms with Gasteiger partial charge in [-0.1, -0.05) is 0 Å². The van der Waals surface area contributed by atoms with E-state index >= 15 is 0 Å². The summed E-state index contributed by atoms with van der Waals surface area (Å²) in [5, 5.41) is 8.65. The fourth-order valence-electron chi connectivity index (χ4n) is 1.35. The summed E-state index contributed by atoms with van der Waals surface area (Å²) in [5.74, 6) is 0.763. The molecule has 1 rings (SSSR count). The first kappa shape index (κ1) is 12.5. The van der Waals surface area contributed by atoms with Crippen molar-refractivity contribution in [2.24, 2.45) is 0 Å². The lowest BCUT2D eigenvalue weighted by Crippen LogP contribution is -2.25. The van der Waals surface area contributed by atoms with Crippen LogP contribution in [0.5, 0.6) is 5.75 Å². The van der Waals surface area contributed by atoms with Gasteiger partial charge >= 0.3 is 0 Å². The second kappa shape index (κ2) is 6.12. The summed E-state index contributed by atoms with van der Waals surface area (Å²) in [6.45, 7) is 0.0438. The summed E-state index contributed by atoms with van der Waals surface area (Å²) in [6.07, 6.45) is 0.859. The summed E-state index contributed by atoms with van der Waals surface area (Å²) in [5.41, 5.74) is 0.823. The molecule has 4 nitrogen and oxygen atoms in total. The minimum Gasteiger partial charge on any atom is -0.497 e. The lowest BCUT2D eigenvalue weighted by atomic mass is 10.2. The first-order chi connectivity index (χ1) is 7.69. The maximum absolute atomic E-state index is 11.6. The van der Waals surface area contributed by atoms with Gasteiger partial charge in [-0.05, 0) is 30.7 Å². The second-order valence-corrected chi connectivity index (χ2v) is 3.48. The van der Waals surface area contributed by atoms with E-state index in [4.69, 9.17) is 9.84 Å². The average Bonchev–Trinajstić information content (AvgIpc) is 2.35. The molecule has 0 aliphatic rings. The van der Waals surface area contributed by atoms with E-state index in [1.165, 1.54) is 0 Å². The maximum atomic E-state index is 11.6. The van der Waals surface area contributed by atoms with Crippen LogP contribution in [0.2, 0.25) is 0 Å². The Morgan fingerprint density at radius 3 is 2.50 bits per heavy atom. The predicted octanol–water partition coefficient (Wildman–Crippen LogP) is 1.43. The fraction of sp³-hybridized carbons (Fsp3) is 0.417. The number of hydrogen-bond donors (Lipinski definition) is 1. The zero-order valence-corrected chi connectivity index (χ0v) is 9.64. The first-order valence-corrected chi connectivity index (χ1v) is 5.20. The molecule has 0 spiro atoms. The minimum atomic E-state index is -0.000725. The number of aliphatic hydroxyl groups is 1. The van der Waals surface area contributed by atoms with Gasteiger partial charge in [0.2, 0.25) is 5.91 Å². The van der Waals surface area contributed by atoms with E-state index in [1.54, 1.807) is 19.1 Å². The largest absolute Gasteiger partial charge is 0.497 e. The molecule has 0 unspecified atom stereocenters. The van der Waals surface area contributed by atoms with Gasteiger partial charge in [0.25, 0.3) is 0 Å². The molecule has 0 atom stereocenters. The third-order valence-corrected chi connectivity index (χ3v) is 2.38. The lowest BCUT2D eigenvalue weighted by molar-refractivity contribution is -0.118. The van der Waals surface area contributed by atoms with Crippen LogP contribution < -0.4 is 9.64 Å². The molecule has 0 aliphatic heterocycles. The Morgan fingerprint density at radius 2 is 2.00 bits per heavy atom. The van der Waals surface area contributed by atoms with E-state index in [2.05, 4.69) is 0 Å².